The molecule has 0 aromatic carbocycles. The van der Waals surface area contributed by atoms with Gasteiger partial charge in [-0.15, -0.1) is 0 Å². The normalized spacial score (nSPS) is 11.8. The van der Waals surface area contributed by atoms with E-state index >= 15 is 0 Å². The van der Waals surface area contributed by atoms with Crippen LogP contribution in [0.3, 0.4) is 0 Å². The molecular formula is C9H14ClN3O3S. The van der Waals surface area contributed by atoms with Crippen molar-refractivity contribution in [3.63, 3.8) is 0 Å². The Kier molecular flexibility index (Phi) is 4.16. The smallest absolute Gasteiger partial charge is 0.280 e. The van der Waals surface area contributed by atoms with E-state index in [1.165, 1.54) is 17.1 Å². The summed E-state index contributed by atoms with van der Waals surface area (Å²) in [5.41, 5.74) is 0. The molecule has 0 fully saturated rings. The number of amides is 1. The lowest BCUT2D eigenvalue weighted by molar-refractivity contribution is -0.132. The number of hydrogen-bond acceptors (Lipinski definition) is 4. The van der Waals surface area contributed by atoms with E-state index < -0.39 is 9.05 Å². The molecule has 1 aromatic heterocycles. The third kappa shape index (κ3) is 3.71. The number of halogens is 1. The number of likely N-dealkylation sites (N-methyl/N-ethyl adjacent to an activating group) is 1. The van der Waals surface area contributed by atoms with Gasteiger partial charge >= 0.3 is 0 Å². The molecule has 1 heterocycles. The number of aromatic nitrogens is 2. The summed E-state index contributed by atoms with van der Waals surface area (Å²) in [6.45, 7) is 3.81. The van der Waals surface area contributed by atoms with Gasteiger partial charge < -0.3 is 9.47 Å². The largest absolute Gasteiger partial charge is 0.342 e. The second-order valence-electron chi connectivity index (χ2n) is 3.92. The predicted octanol–water partition coefficient (Wildman–Crippen LogP) is 0.677. The molecule has 0 atom stereocenters. The Balaban J connectivity index is 2.77. The highest BCUT2D eigenvalue weighted by atomic mass is 35.7. The molecular weight excluding hydrogens is 266 g/mol. The quantitative estimate of drug-likeness (QED) is 0.760. The van der Waals surface area contributed by atoms with Crippen LogP contribution in [0.1, 0.15) is 13.8 Å². The molecule has 17 heavy (non-hydrogen) atoms. The molecule has 0 bridgehead atoms. The maximum Gasteiger partial charge on any atom is 0.280 e. The molecule has 0 spiro atoms. The highest BCUT2D eigenvalue weighted by Crippen LogP contribution is 2.11. The molecule has 1 rings (SSSR count). The average Bonchev–Trinajstić information content (AvgIpc) is 2.64. The lowest BCUT2D eigenvalue weighted by Crippen LogP contribution is -2.35. The van der Waals surface area contributed by atoms with Crippen LogP contribution in [0, 0.1) is 0 Å². The van der Waals surface area contributed by atoms with Gasteiger partial charge in [-0.25, -0.2) is 13.4 Å². The van der Waals surface area contributed by atoms with E-state index in [4.69, 9.17) is 10.7 Å². The lowest BCUT2D eigenvalue weighted by Gasteiger charge is -2.21. The zero-order valence-corrected chi connectivity index (χ0v) is 11.4. The summed E-state index contributed by atoms with van der Waals surface area (Å²) in [6, 6.07) is 0.0854. The third-order valence-corrected chi connectivity index (χ3v) is 3.53. The summed E-state index contributed by atoms with van der Waals surface area (Å²) >= 11 is 0. The Morgan fingerprint density at radius 3 is 2.59 bits per heavy atom. The fraction of sp³-hybridized carbons (Fsp3) is 0.556. The van der Waals surface area contributed by atoms with Gasteiger partial charge in [-0.1, -0.05) is 0 Å². The van der Waals surface area contributed by atoms with Gasteiger partial charge in [0.1, 0.15) is 6.54 Å². The second kappa shape index (κ2) is 5.05. The molecule has 0 unspecified atom stereocenters. The summed E-state index contributed by atoms with van der Waals surface area (Å²) < 4.78 is 23.3. The molecule has 0 saturated heterocycles. The first-order valence-corrected chi connectivity index (χ1v) is 7.25. The SMILES string of the molecule is CC(C)N(C)C(=O)Cn1cnc(S(=O)(=O)Cl)c1. The molecule has 0 aliphatic carbocycles. The van der Waals surface area contributed by atoms with E-state index in [9.17, 15) is 13.2 Å². The van der Waals surface area contributed by atoms with E-state index in [0.717, 1.165) is 0 Å². The fourth-order valence-electron chi connectivity index (χ4n) is 1.11. The number of carbonyl (C=O) groups is 1. The van der Waals surface area contributed by atoms with Gasteiger partial charge in [-0.05, 0) is 13.8 Å². The number of nitrogens with zero attached hydrogens (tertiary/aromatic N) is 3. The van der Waals surface area contributed by atoms with Crippen molar-refractivity contribution < 1.29 is 13.2 Å². The topological polar surface area (TPSA) is 72.3 Å². The van der Waals surface area contributed by atoms with Crippen molar-refractivity contribution >= 4 is 25.6 Å². The van der Waals surface area contributed by atoms with Crippen molar-refractivity contribution in [3.8, 4) is 0 Å². The Morgan fingerprint density at radius 1 is 1.59 bits per heavy atom. The van der Waals surface area contributed by atoms with Crippen molar-refractivity contribution in [1.29, 1.82) is 0 Å². The maximum absolute atomic E-state index is 11.7. The molecule has 0 saturated carbocycles. The monoisotopic (exact) mass is 279 g/mol. The van der Waals surface area contributed by atoms with Crippen LogP contribution < -0.4 is 0 Å². The van der Waals surface area contributed by atoms with Crippen molar-refractivity contribution in [2.75, 3.05) is 7.05 Å². The van der Waals surface area contributed by atoms with Gasteiger partial charge in [0, 0.05) is 30.0 Å². The van der Waals surface area contributed by atoms with Crippen molar-refractivity contribution in [3.05, 3.63) is 12.5 Å². The molecule has 0 radical (unpaired) electrons. The standard InChI is InChI=1S/C9H14ClN3O3S/c1-7(2)12(3)9(14)5-13-4-8(11-6-13)17(10,15)16/h4,6-7H,5H2,1-3H3. The van der Waals surface area contributed by atoms with E-state index in [1.807, 2.05) is 13.8 Å². The fourth-order valence-corrected chi connectivity index (χ4v) is 1.78. The number of imidazole rings is 1. The van der Waals surface area contributed by atoms with E-state index in [0.29, 0.717) is 0 Å². The van der Waals surface area contributed by atoms with Crippen LogP contribution in [0.25, 0.3) is 0 Å². The van der Waals surface area contributed by atoms with Gasteiger partial charge in [0.15, 0.2) is 5.03 Å². The number of carbonyl (C=O) groups excluding carboxylic acids is 1. The van der Waals surface area contributed by atoms with Crippen LogP contribution in [-0.2, 0) is 20.4 Å². The van der Waals surface area contributed by atoms with Gasteiger partial charge in [0.25, 0.3) is 9.05 Å². The summed E-state index contributed by atoms with van der Waals surface area (Å²) in [6.07, 6.45) is 2.50. The summed E-state index contributed by atoms with van der Waals surface area (Å²) in [5.74, 6) is -0.129. The summed E-state index contributed by atoms with van der Waals surface area (Å²) in [7, 11) is 2.97. The van der Waals surface area contributed by atoms with Crippen molar-refractivity contribution in [2.45, 2.75) is 31.5 Å². The van der Waals surface area contributed by atoms with Gasteiger partial charge in [0.05, 0.1) is 6.33 Å². The number of hydrogen-bond donors (Lipinski definition) is 0. The minimum Gasteiger partial charge on any atom is -0.342 e. The predicted molar refractivity (Wildman–Crippen MR) is 63.2 cm³/mol. The second-order valence-corrected chi connectivity index (χ2v) is 6.43. The van der Waals surface area contributed by atoms with Crippen LogP contribution in [0.4, 0.5) is 0 Å². The molecule has 1 aromatic rings. The van der Waals surface area contributed by atoms with Crippen molar-refractivity contribution in [2.24, 2.45) is 0 Å². The zero-order chi connectivity index (χ0) is 13.2. The first-order valence-electron chi connectivity index (χ1n) is 4.94. The van der Waals surface area contributed by atoms with Crippen LogP contribution in [0.5, 0.6) is 0 Å². The highest BCUT2D eigenvalue weighted by molar-refractivity contribution is 8.13. The van der Waals surface area contributed by atoms with Crippen LogP contribution in [0.2, 0.25) is 0 Å². The summed E-state index contributed by atoms with van der Waals surface area (Å²) in [5, 5.41) is -0.251. The lowest BCUT2D eigenvalue weighted by atomic mass is 10.3. The minimum absolute atomic E-state index is 0.0358. The first-order chi connectivity index (χ1) is 7.71. The molecule has 0 aliphatic rings. The zero-order valence-electron chi connectivity index (χ0n) is 9.79. The first kappa shape index (κ1) is 14.0. The summed E-state index contributed by atoms with van der Waals surface area (Å²) in [4.78, 5) is 16.9. The molecule has 6 nitrogen and oxygen atoms in total. The molecule has 1 amide bonds. The number of rotatable bonds is 4. The van der Waals surface area contributed by atoms with Gasteiger partial charge in [-0.2, -0.15) is 0 Å². The average molecular weight is 280 g/mol. The Bertz CT molecular complexity index is 509. The maximum atomic E-state index is 11.7. The third-order valence-electron chi connectivity index (χ3n) is 2.35. The molecule has 8 heteroatoms. The van der Waals surface area contributed by atoms with Crippen molar-refractivity contribution in [1.82, 2.24) is 14.5 Å². The molecule has 96 valence electrons. The van der Waals surface area contributed by atoms with E-state index in [2.05, 4.69) is 4.98 Å². The van der Waals surface area contributed by atoms with Crippen LogP contribution in [-0.4, -0.2) is 41.9 Å². The van der Waals surface area contributed by atoms with E-state index in [-0.39, 0.29) is 23.5 Å². The van der Waals surface area contributed by atoms with E-state index in [1.54, 1.807) is 11.9 Å². The van der Waals surface area contributed by atoms with Crippen LogP contribution in [0.15, 0.2) is 17.6 Å². The highest BCUT2D eigenvalue weighted by Gasteiger charge is 2.16. The van der Waals surface area contributed by atoms with Gasteiger partial charge in [0.2, 0.25) is 5.91 Å². The van der Waals surface area contributed by atoms with Crippen LogP contribution >= 0.6 is 10.7 Å². The Morgan fingerprint density at radius 2 is 2.18 bits per heavy atom. The molecule has 0 N–H and O–H groups in total. The Labute approximate surface area is 105 Å². The van der Waals surface area contributed by atoms with Gasteiger partial charge in [-0.3, -0.25) is 4.79 Å². The molecule has 0 aliphatic heterocycles. The minimum atomic E-state index is -3.84. The Hall–Kier alpha value is -1.08.